The molecule has 10 aromatic carbocycles. The fraction of sp³-hybridized carbons (Fsp3) is 0.279. The number of hydrogen-bond acceptors (Lipinski definition) is 0. The van der Waals surface area contributed by atoms with Crippen molar-refractivity contribution in [3.05, 3.63) is 157 Å². The molecule has 0 saturated heterocycles. The Hall–Kier alpha value is -5.72. The third-order valence-electron chi connectivity index (χ3n) is 15.0. The zero-order chi connectivity index (χ0) is 40.9. The number of hydrogen-bond donors (Lipinski definition) is 0. The van der Waals surface area contributed by atoms with Gasteiger partial charge in [0.15, 0.2) is 0 Å². The molecule has 11 rings (SSSR count). The molecule has 0 nitrogen and oxygen atoms in total. The van der Waals surface area contributed by atoms with E-state index in [-0.39, 0.29) is 5.41 Å². The van der Waals surface area contributed by atoms with E-state index in [2.05, 4.69) is 159 Å². The first kappa shape index (κ1) is 38.2. The summed E-state index contributed by atoms with van der Waals surface area (Å²) in [6.45, 7) is 4.66. The average molecular weight is 791 g/mol. The van der Waals surface area contributed by atoms with Gasteiger partial charge < -0.3 is 0 Å². The van der Waals surface area contributed by atoms with Crippen molar-refractivity contribution in [1.82, 2.24) is 0 Å². The molecule has 0 heterocycles. The van der Waals surface area contributed by atoms with E-state index in [9.17, 15) is 0 Å². The van der Waals surface area contributed by atoms with Crippen LogP contribution < -0.4 is 0 Å². The van der Waals surface area contributed by atoms with Crippen molar-refractivity contribution < 1.29 is 0 Å². The zero-order valence-electron chi connectivity index (χ0n) is 36.3. The quantitative estimate of drug-likeness (QED) is 0.0675. The second-order valence-electron chi connectivity index (χ2n) is 18.6. The van der Waals surface area contributed by atoms with E-state index in [0.29, 0.717) is 0 Å². The van der Waals surface area contributed by atoms with Crippen LogP contribution in [-0.2, 0) is 5.41 Å². The van der Waals surface area contributed by atoms with Crippen molar-refractivity contribution in [3.8, 4) is 33.4 Å². The van der Waals surface area contributed by atoms with Gasteiger partial charge in [0.1, 0.15) is 0 Å². The SMILES string of the molecule is CCCCCCCCC1(CCCCCCCC)c2cc(-c3ccc4ccc5cccc6ccc3c4c56)ccc2-c2ccc(-c3ccc4ccc5cccc6ccc3c4c56)cc21. The Bertz CT molecular complexity index is 2930. The molecule has 0 unspecified atom stereocenters. The summed E-state index contributed by atoms with van der Waals surface area (Å²) in [4.78, 5) is 0. The van der Waals surface area contributed by atoms with E-state index in [0.717, 1.165) is 0 Å². The summed E-state index contributed by atoms with van der Waals surface area (Å²) in [5.74, 6) is 0. The molecule has 61 heavy (non-hydrogen) atoms. The Kier molecular flexibility index (Phi) is 10.00. The highest BCUT2D eigenvalue weighted by atomic mass is 14.5. The van der Waals surface area contributed by atoms with E-state index in [1.807, 2.05) is 0 Å². The lowest BCUT2D eigenvalue weighted by Crippen LogP contribution is -2.25. The smallest absolute Gasteiger partial charge is 0.0215 e. The third-order valence-corrected chi connectivity index (χ3v) is 15.0. The van der Waals surface area contributed by atoms with Gasteiger partial charge in [-0.25, -0.2) is 0 Å². The van der Waals surface area contributed by atoms with Crippen LogP contribution in [0, 0.1) is 0 Å². The maximum Gasteiger partial charge on any atom is 0.0215 e. The summed E-state index contributed by atoms with van der Waals surface area (Å²) in [7, 11) is 0. The van der Waals surface area contributed by atoms with Gasteiger partial charge in [0.05, 0.1) is 0 Å². The summed E-state index contributed by atoms with van der Waals surface area (Å²) in [6, 6.07) is 56.9. The number of fused-ring (bicyclic) bond motifs is 3. The molecule has 0 atom stereocenters. The molecular formula is C61H58. The van der Waals surface area contributed by atoms with E-state index < -0.39 is 0 Å². The second-order valence-corrected chi connectivity index (χ2v) is 18.6. The molecule has 10 aromatic rings. The molecule has 0 aliphatic heterocycles. The topological polar surface area (TPSA) is 0 Å². The number of unbranched alkanes of at least 4 members (excludes halogenated alkanes) is 10. The standard InChI is InChI=1S/C61H58/c1-3-5-7-9-11-13-37-61(38-14-12-10-8-6-4-2)55-39-47(49-31-25-45-23-21-41-17-15-19-43-27-35-53(49)59(45)57(41)43)29-33-51(55)52-34-30-48(40-56(52)61)50-32-26-46-24-22-42-18-16-20-44-28-36-54(50)60(46)58(42)44/h15-36,39-40H,3-14,37-38H2,1-2H3. The van der Waals surface area contributed by atoms with Gasteiger partial charge >= 0.3 is 0 Å². The van der Waals surface area contributed by atoms with Gasteiger partial charge in [-0.3, -0.25) is 0 Å². The monoisotopic (exact) mass is 790 g/mol. The summed E-state index contributed by atoms with van der Waals surface area (Å²) in [5.41, 5.74) is 11.4. The van der Waals surface area contributed by atoms with E-state index in [1.165, 1.54) is 188 Å². The van der Waals surface area contributed by atoms with Gasteiger partial charge in [-0.1, -0.05) is 224 Å². The lowest BCUT2D eigenvalue weighted by Gasteiger charge is -2.33. The van der Waals surface area contributed by atoms with Gasteiger partial charge in [0.2, 0.25) is 0 Å². The highest BCUT2D eigenvalue weighted by Crippen LogP contribution is 2.56. The van der Waals surface area contributed by atoms with Crippen molar-refractivity contribution in [1.29, 1.82) is 0 Å². The predicted molar refractivity (Wildman–Crippen MR) is 267 cm³/mol. The molecular weight excluding hydrogens is 733 g/mol. The normalized spacial score (nSPS) is 13.5. The molecule has 1 aliphatic carbocycles. The first-order valence-corrected chi connectivity index (χ1v) is 23.8. The van der Waals surface area contributed by atoms with Gasteiger partial charge in [-0.15, -0.1) is 0 Å². The Labute approximate surface area is 362 Å². The van der Waals surface area contributed by atoms with Gasteiger partial charge in [0.25, 0.3) is 0 Å². The minimum atomic E-state index is -0.0280. The molecule has 1 aliphatic rings. The molecule has 0 radical (unpaired) electrons. The van der Waals surface area contributed by atoms with Crippen LogP contribution in [0.2, 0.25) is 0 Å². The Balaban J connectivity index is 1.08. The summed E-state index contributed by atoms with van der Waals surface area (Å²) in [6.07, 6.45) is 18.2. The Morgan fingerprint density at radius 1 is 0.311 bits per heavy atom. The molecule has 0 aromatic heterocycles. The van der Waals surface area contributed by atoms with Crippen LogP contribution >= 0.6 is 0 Å². The van der Waals surface area contributed by atoms with Crippen LogP contribution in [0.4, 0.5) is 0 Å². The highest BCUT2D eigenvalue weighted by molar-refractivity contribution is 6.26. The molecule has 0 heteroatoms. The van der Waals surface area contributed by atoms with Crippen molar-refractivity contribution in [3.63, 3.8) is 0 Å². The lowest BCUT2D eigenvalue weighted by molar-refractivity contribution is 0.398. The average Bonchev–Trinajstić information content (AvgIpc) is 3.57. The van der Waals surface area contributed by atoms with Gasteiger partial charge in [-0.2, -0.15) is 0 Å². The predicted octanol–water partition coefficient (Wildman–Crippen LogP) is 18.6. The van der Waals surface area contributed by atoms with Crippen LogP contribution in [0.5, 0.6) is 0 Å². The van der Waals surface area contributed by atoms with Crippen LogP contribution in [0.1, 0.15) is 115 Å². The summed E-state index contributed by atoms with van der Waals surface area (Å²) >= 11 is 0. The van der Waals surface area contributed by atoms with Crippen molar-refractivity contribution >= 4 is 64.6 Å². The van der Waals surface area contributed by atoms with Gasteiger partial charge in [0, 0.05) is 5.41 Å². The first-order valence-electron chi connectivity index (χ1n) is 23.8. The van der Waals surface area contributed by atoms with Crippen LogP contribution in [0.3, 0.4) is 0 Å². The molecule has 0 fully saturated rings. The van der Waals surface area contributed by atoms with E-state index in [4.69, 9.17) is 0 Å². The summed E-state index contributed by atoms with van der Waals surface area (Å²) < 4.78 is 0. The van der Waals surface area contributed by atoms with Gasteiger partial charge in [-0.05, 0) is 134 Å². The Morgan fingerprint density at radius 2 is 0.656 bits per heavy atom. The zero-order valence-corrected chi connectivity index (χ0v) is 36.3. The highest BCUT2D eigenvalue weighted by Gasteiger charge is 2.43. The molecule has 0 saturated carbocycles. The molecule has 0 spiro atoms. The number of rotatable bonds is 16. The van der Waals surface area contributed by atoms with Crippen molar-refractivity contribution in [2.75, 3.05) is 0 Å². The Morgan fingerprint density at radius 3 is 1.08 bits per heavy atom. The van der Waals surface area contributed by atoms with Crippen LogP contribution in [0.25, 0.3) is 98.0 Å². The maximum absolute atomic E-state index is 2.66. The fourth-order valence-corrected chi connectivity index (χ4v) is 11.9. The second kappa shape index (κ2) is 16.0. The minimum Gasteiger partial charge on any atom is -0.0654 e. The largest absolute Gasteiger partial charge is 0.0654 e. The van der Waals surface area contributed by atoms with E-state index >= 15 is 0 Å². The van der Waals surface area contributed by atoms with Crippen LogP contribution in [-0.4, -0.2) is 0 Å². The third kappa shape index (κ3) is 6.40. The number of benzene rings is 10. The minimum absolute atomic E-state index is 0.0280. The maximum atomic E-state index is 2.66. The summed E-state index contributed by atoms with van der Waals surface area (Å²) in [5, 5.41) is 16.3. The van der Waals surface area contributed by atoms with Crippen molar-refractivity contribution in [2.45, 2.75) is 109 Å². The molecule has 0 bridgehead atoms. The van der Waals surface area contributed by atoms with Crippen molar-refractivity contribution in [2.24, 2.45) is 0 Å². The van der Waals surface area contributed by atoms with Crippen LogP contribution in [0.15, 0.2) is 146 Å². The molecule has 0 N–H and O–H groups in total. The molecule has 302 valence electrons. The first-order chi connectivity index (χ1) is 30.2. The lowest BCUT2D eigenvalue weighted by atomic mass is 9.69. The fourth-order valence-electron chi connectivity index (χ4n) is 11.9. The molecule has 0 amide bonds. The van der Waals surface area contributed by atoms with E-state index in [1.54, 1.807) is 11.1 Å².